The molecule has 0 aliphatic rings. The smallest absolute Gasteiger partial charge is 0.397 e. The van der Waals surface area contributed by atoms with E-state index in [-0.39, 0.29) is 23.0 Å². The highest BCUT2D eigenvalue weighted by Gasteiger charge is 2.17. The van der Waals surface area contributed by atoms with E-state index in [1.54, 1.807) is 6.92 Å². The van der Waals surface area contributed by atoms with Crippen molar-refractivity contribution in [1.82, 2.24) is 0 Å². The Labute approximate surface area is 107 Å². The van der Waals surface area contributed by atoms with Gasteiger partial charge in [0.1, 0.15) is 0 Å². The van der Waals surface area contributed by atoms with Gasteiger partial charge < -0.3 is 10.1 Å². The predicted molar refractivity (Wildman–Crippen MR) is 63.4 cm³/mol. The third kappa shape index (κ3) is 3.42. The fourth-order valence-electron chi connectivity index (χ4n) is 1.09. The number of rotatable bonds is 3. The van der Waals surface area contributed by atoms with Gasteiger partial charge in [0.2, 0.25) is 0 Å². The van der Waals surface area contributed by atoms with Gasteiger partial charge in [0.15, 0.2) is 0 Å². The average Bonchev–Trinajstić information content (AvgIpc) is 2.31. The second kappa shape index (κ2) is 5.97. The van der Waals surface area contributed by atoms with Crippen LogP contribution in [0.15, 0.2) is 18.2 Å². The Hall–Kier alpha value is -2.15. The van der Waals surface area contributed by atoms with Crippen LogP contribution in [-0.2, 0) is 14.3 Å². The van der Waals surface area contributed by atoms with Gasteiger partial charge in [0, 0.05) is 12.1 Å². The standard InChI is InChI=1S/C10H9ClN2O5/c1-2-18-10(15)9(14)12-8-4-3-6(13(16)17)5-7(8)11/h3-5H,2H2,1H3,(H,12,14). The molecule has 0 aliphatic carbocycles. The maximum atomic E-state index is 11.3. The van der Waals surface area contributed by atoms with Gasteiger partial charge in [-0.3, -0.25) is 14.9 Å². The molecule has 0 heterocycles. The lowest BCUT2D eigenvalue weighted by atomic mass is 10.3. The first kappa shape index (κ1) is 13.9. The third-order valence-corrected chi connectivity index (χ3v) is 2.19. The van der Waals surface area contributed by atoms with E-state index in [0.29, 0.717) is 0 Å². The predicted octanol–water partition coefficient (Wildman–Crippen LogP) is 1.75. The molecule has 1 aromatic carbocycles. The van der Waals surface area contributed by atoms with Gasteiger partial charge in [-0.25, -0.2) is 4.79 Å². The van der Waals surface area contributed by atoms with Gasteiger partial charge in [0.05, 0.1) is 22.2 Å². The van der Waals surface area contributed by atoms with Crippen molar-refractivity contribution in [2.75, 3.05) is 11.9 Å². The van der Waals surface area contributed by atoms with Crippen LogP contribution in [0.5, 0.6) is 0 Å². The minimum Gasteiger partial charge on any atom is -0.459 e. The number of amides is 1. The molecule has 0 bridgehead atoms. The van der Waals surface area contributed by atoms with Crippen molar-refractivity contribution < 1.29 is 19.2 Å². The van der Waals surface area contributed by atoms with E-state index in [1.807, 2.05) is 0 Å². The van der Waals surface area contributed by atoms with Crippen LogP contribution in [0.4, 0.5) is 11.4 Å². The number of benzene rings is 1. The largest absolute Gasteiger partial charge is 0.459 e. The monoisotopic (exact) mass is 272 g/mol. The summed E-state index contributed by atoms with van der Waals surface area (Å²) in [6.45, 7) is 1.63. The molecule has 1 aromatic rings. The molecule has 0 aliphatic heterocycles. The Morgan fingerprint density at radius 3 is 2.67 bits per heavy atom. The van der Waals surface area contributed by atoms with Crippen LogP contribution in [0.1, 0.15) is 6.92 Å². The number of anilines is 1. The van der Waals surface area contributed by atoms with E-state index in [1.165, 1.54) is 6.07 Å². The van der Waals surface area contributed by atoms with Gasteiger partial charge in [-0.05, 0) is 13.0 Å². The van der Waals surface area contributed by atoms with E-state index in [0.717, 1.165) is 12.1 Å². The zero-order chi connectivity index (χ0) is 13.7. The number of hydrogen-bond acceptors (Lipinski definition) is 5. The van der Waals surface area contributed by atoms with Gasteiger partial charge in [-0.1, -0.05) is 11.6 Å². The fourth-order valence-corrected chi connectivity index (χ4v) is 1.31. The van der Waals surface area contributed by atoms with Crippen molar-refractivity contribution >= 4 is 34.9 Å². The molecule has 18 heavy (non-hydrogen) atoms. The van der Waals surface area contributed by atoms with Crippen molar-refractivity contribution in [3.63, 3.8) is 0 Å². The summed E-state index contributed by atoms with van der Waals surface area (Å²) in [5.41, 5.74) is -0.116. The SMILES string of the molecule is CCOC(=O)C(=O)Nc1ccc([N+](=O)[O-])cc1Cl. The molecule has 96 valence electrons. The van der Waals surface area contributed by atoms with Crippen LogP contribution in [-0.4, -0.2) is 23.4 Å². The number of ether oxygens (including phenoxy) is 1. The van der Waals surface area contributed by atoms with Crippen LogP contribution in [0.25, 0.3) is 0 Å². The molecular formula is C10H9ClN2O5. The summed E-state index contributed by atoms with van der Waals surface area (Å²) in [6.07, 6.45) is 0. The lowest BCUT2D eigenvalue weighted by molar-refractivity contribution is -0.384. The quantitative estimate of drug-likeness (QED) is 0.391. The number of nitrogens with zero attached hydrogens (tertiary/aromatic N) is 1. The number of carbonyl (C=O) groups is 2. The summed E-state index contributed by atoms with van der Waals surface area (Å²) in [7, 11) is 0. The second-order valence-corrected chi connectivity index (χ2v) is 3.50. The summed E-state index contributed by atoms with van der Waals surface area (Å²) in [4.78, 5) is 32.2. The molecule has 0 atom stereocenters. The summed E-state index contributed by atoms with van der Waals surface area (Å²) in [5, 5.41) is 12.6. The Morgan fingerprint density at radius 1 is 1.50 bits per heavy atom. The van der Waals surface area contributed by atoms with Gasteiger partial charge >= 0.3 is 11.9 Å². The highest BCUT2D eigenvalue weighted by molar-refractivity contribution is 6.39. The summed E-state index contributed by atoms with van der Waals surface area (Å²) < 4.78 is 4.48. The van der Waals surface area contributed by atoms with Crippen LogP contribution < -0.4 is 5.32 Å². The molecule has 0 unspecified atom stereocenters. The first-order chi connectivity index (χ1) is 8.45. The number of nitro benzene ring substituents is 1. The molecule has 0 aromatic heterocycles. The second-order valence-electron chi connectivity index (χ2n) is 3.10. The Morgan fingerprint density at radius 2 is 2.17 bits per heavy atom. The number of hydrogen-bond donors (Lipinski definition) is 1. The van der Waals surface area contributed by atoms with Gasteiger partial charge in [-0.15, -0.1) is 0 Å². The van der Waals surface area contributed by atoms with Crippen molar-refractivity contribution in [2.45, 2.75) is 6.92 Å². The lowest BCUT2D eigenvalue weighted by Crippen LogP contribution is -2.25. The Balaban J connectivity index is 2.83. The first-order valence-corrected chi connectivity index (χ1v) is 5.25. The number of nitro groups is 1. The normalized spacial score (nSPS) is 9.67. The Kier molecular flexibility index (Phi) is 4.61. The molecule has 0 radical (unpaired) electrons. The number of non-ortho nitro benzene ring substituents is 1. The van der Waals surface area contributed by atoms with Crippen molar-refractivity contribution in [2.24, 2.45) is 0 Å². The van der Waals surface area contributed by atoms with Crippen LogP contribution in [0.2, 0.25) is 5.02 Å². The molecule has 7 nitrogen and oxygen atoms in total. The maximum Gasteiger partial charge on any atom is 0.397 e. The average molecular weight is 273 g/mol. The summed E-state index contributed by atoms with van der Waals surface area (Å²) in [5.74, 6) is -2.04. The van der Waals surface area contributed by atoms with E-state index in [9.17, 15) is 19.7 Å². The van der Waals surface area contributed by atoms with Crippen LogP contribution in [0, 0.1) is 10.1 Å². The third-order valence-electron chi connectivity index (χ3n) is 1.87. The zero-order valence-corrected chi connectivity index (χ0v) is 10.1. The summed E-state index contributed by atoms with van der Waals surface area (Å²) >= 11 is 5.73. The van der Waals surface area contributed by atoms with Gasteiger partial charge in [-0.2, -0.15) is 0 Å². The molecule has 8 heteroatoms. The topological polar surface area (TPSA) is 98.5 Å². The molecule has 0 saturated carbocycles. The highest BCUT2D eigenvalue weighted by atomic mass is 35.5. The highest BCUT2D eigenvalue weighted by Crippen LogP contribution is 2.26. The van der Waals surface area contributed by atoms with E-state index in [2.05, 4.69) is 10.1 Å². The van der Waals surface area contributed by atoms with Crippen LogP contribution in [0.3, 0.4) is 0 Å². The summed E-state index contributed by atoms with van der Waals surface area (Å²) in [6, 6.07) is 3.46. The zero-order valence-electron chi connectivity index (χ0n) is 9.31. The fraction of sp³-hybridized carbons (Fsp3) is 0.200. The molecule has 0 saturated heterocycles. The van der Waals surface area contributed by atoms with E-state index in [4.69, 9.17) is 11.6 Å². The van der Waals surface area contributed by atoms with Crippen LogP contribution >= 0.6 is 11.6 Å². The maximum absolute atomic E-state index is 11.3. The lowest BCUT2D eigenvalue weighted by Gasteiger charge is -2.06. The molecule has 1 rings (SSSR count). The Bertz CT molecular complexity index is 503. The first-order valence-electron chi connectivity index (χ1n) is 4.87. The van der Waals surface area contributed by atoms with E-state index < -0.39 is 16.8 Å². The molecular weight excluding hydrogens is 264 g/mol. The molecule has 1 N–H and O–H groups in total. The number of carbonyl (C=O) groups excluding carboxylic acids is 2. The van der Waals surface area contributed by atoms with Crippen molar-refractivity contribution in [3.05, 3.63) is 33.3 Å². The van der Waals surface area contributed by atoms with E-state index >= 15 is 0 Å². The molecule has 1 amide bonds. The van der Waals surface area contributed by atoms with Crippen molar-refractivity contribution in [1.29, 1.82) is 0 Å². The molecule has 0 spiro atoms. The number of esters is 1. The number of halogens is 1. The van der Waals surface area contributed by atoms with Crippen molar-refractivity contribution in [3.8, 4) is 0 Å². The van der Waals surface area contributed by atoms with Gasteiger partial charge in [0.25, 0.3) is 5.69 Å². The number of nitrogens with one attached hydrogen (secondary N) is 1. The minimum atomic E-state index is -1.05. The minimum absolute atomic E-state index is 0.0400. The molecule has 0 fully saturated rings.